The summed E-state index contributed by atoms with van der Waals surface area (Å²) in [5, 5.41) is 0. The molecule has 0 saturated carbocycles. The SMILES string of the molecule is COC(=O)c1ccc(Sc2ccc(OC)c(C)c2)cc1. The van der Waals surface area contributed by atoms with Gasteiger partial charge in [-0.05, 0) is 55.0 Å². The van der Waals surface area contributed by atoms with Crippen molar-refractivity contribution in [1.82, 2.24) is 0 Å². The normalized spacial score (nSPS) is 10.2. The van der Waals surface area contributed by atoms with Crippen LogP contribution in [0.1, 0.15) is 15.9 Å². The Morgan fingerprint density at radius 3 is 2.20 bits per heavy atom. The predicted molar refractivity (Wildman–Crippen MR) is 79.6 cm³/mol. The number of benzene rings is 2. The van der Waals surface area contributed by atoms with E-state index in [-0.39, 0.29) is 5.97 Å². The number of hydrogen-bond donors (Lipinski definition) is 0. The zero-order valence-electron chi connectivity index (χ0n) is 11.7. The van der Waals surface area contributed by atoms with Gasteiger partial charge in [-0.3, -0.25) is 0 Å². The average Bonchev–Trinajstić information content (AvgIpc) is 2.47. The third-order valence-electron chi connectivity index (χ3n) is 2.88. The molecule has 4 heteroatoms. The van der Waals surface area contributed by atoms with Gasteiger partial charge in [0, 0.05) is 9.79 Å². The molecule has 0 aromatic heterocycles. The van der Waals surface area contributed by atoms with E-state index >= 15 is 0 Å². The number of aryl methyl sites for hydroxylation is 1. The maximum Gasteiger partial charge on any atom is 0.337 e. The maximum atomic E-state index is 11.4. The van der Waals surface area contributed by atoms with Crippen molar-refractivity contribution >= 4 is 17.7 Å². The first kappa shape index (κ1) is 14.5. The van der Waals surface area contributed by atoms with Crippen LogP contribution in [0, 0.1) is 6.92 Å². The molecule has 0 heterocycles. The van der Waals surface area contributed by atoms with Gasteiger partial charge >= 0.3 is 5.97 Å². The molecule has 20 heavy (non-hydrogen) atoms. The van der Waals surface area contributed by atoms with Crippen LogP contribution in [0.3, 0.4) is 0 Å². The Labute approximate surface area is 122 Å². The van der Waals surface area contributed by atoms with Gasteiger partial charge in [-0.2, -0.15) is 0 Å². The second kappa shape index (κ2) is 6.48. The molecule has 0 atom stereocenters. The minimum absolute atomic E-state index is 0.318. The van der Waals surface area contributed by atoms with Crippen LogP contribution in [0.4, 0.5) is 0 Å². The third-order valence-corrected chi connectivity index (χ3v) is 3.87. The fourth-order valence-electron chi connectivity index (χ4n) is 1.83. The second-order valence-electron chi connectivity index (χ2n) is 4.25. The lowest BCUT2D eigenvalue weighted by Crippen LogP contribution is -2.00. The average molecular weight is 288 g/mol. The second-order valence-corrected chi connectivity index (χ2v) is 5.40. The molecule has 0 aliphatic heterocycles. The summed E-state index contributed by atoms with van der Waals surface area (Å²) in [5.74, 6) is 0.567. The quantitative estimate of drug-likeness (QED) is 0.798. The summed E-state index contributed by atoms with van der Waals surface area (Å²) >= 11 is 1.64. The van der Waals surface area contributed by atoms with Crippen molar-refractivity contribution < 1.29 is 14.3 Å². The van der Waals surface area contributed by atoms with Crippen LogP contribution >= 0.6 is 11.8 Å². The lowest BCUT2D eigenvalue weighted by atomic mass is 10.2. The Hall–Kier alpha value is -1.94. The summed E-state index contributed by atoms with van der Waals surface area (Å²) in [7, 11) is 3.05. The topological polar surface area (TPSA) is 35.5 Å². The fourth-order valence-corrected chi connectivity index (χ4v) is 2.74. The summed E-state index contributed by atoms with van der Waals surface area (Å²) in [6.07, 6.45) is 0. The van der Waals surface area contributed by atoms with Gasteiger partial charge in [-0.25, -0.2) is 4.79 Å². The van der Waals surface area contributed by atoms with E-state index in [2.05, 4.69) is 10.8 Å². The molecule has 2 rings (SSSR count). The maximum absolute atomic E-state index is 11.4. The Morgan fingerprint density at radius 2 is 1.65 bits per heavy atom. The molecule has 0 aliphatic carbocycles. The number of methoxy groups -OCH3 is 2. The van der Waals surface area contributed by atoms with Crippen molar-refractivity contribution in [1.29, 1.82) is 0 Å². The zero-order valence-corrected chi connectivity index (χ0v) is 12.5. The highest BCUT2D eigenvalue weighted by atomic mass is 32.2. The number of carbonyl (C=O) groups excluding carboxylic acids is 1. The molecule has 2 aromatic carbocycles. The Bertz CT molecular complexity index is 606. The molecule has 0 bridgehead atoms. The molecular formula is C16H16O3S. The van der Waals surface area contributed by atoms with E-state index < -0.39 is 0 Å². The van der Waals surface area contributed by atoms with Gasteiger partial charge in [-0.1, -0.05) is 11.8 Å². The summed E-state index contributed by atoms with van der Waals surface area (Å²) in [6, 6.07) is 13.4. The van der Waals surface area contributed by atoms with Crippen LogP contribution in [-0.4, -0.2) is 20.2 Å². The molecule has 0 saturated heterocycles. The van der Waals surface area contributed by atoms with Crippen molar-refractivity contribution in [2.45, 2.75) is 16.7 Å². The molecule has 0 fully saturated rings. The molecule has 104 valence electrons. The van der Waals surface area contributed by atoms with Gasteiger partial charge in [0.15, 0.2) is 0 Å². The highest BCUT2D eigenvalue weighted by Crippen LogP contribution is 2.31. The van der Waals surface area contributed by atoms with Crippen LogP contribution in [0.2, 0.25) is 0 Å². The van der Waals surface area contributed by atoms with Crippen molar-refractivity contribution in [3.63, 3.8) is 0 Å². The van der Waals surface area contributed by atoms with Crippen LogP contribution in [0.5, 0.6) is 5.75 Å². The van der Waals surface area contributed by atoms with E-state index in [1.54, 1.807) is 31.0 Å². The predicted octanol–water partition coefficient (Wildman–Crippen LogP) is 3.94. The summed E-state index contributed by atoms with van der Waals surface area (Å²) in [4.78, 5) is 13.6. The van der Waals surface area contributed by atoms with Crippen LogP contribution in [0.15, 0.2) is 52.3 Å². The Balaban J connectivity index is 2.14. The smallest absolute Gasteiger partial charge is 0.337 e. The van der Waals surface area contributed by atoms with Crippen LogP contribution in [0.25, 0.3) is 0 Å². The fraction of sp³-hybridized carbons (Fsp3) is 0.188. The van der Waals surface area contributed by atoms with Gasteiger partial charge < -0.3 is 9.47 Å². The minimum Gasteiger partial charge on any atom is -0.496 e. The van der Waals surface area contributed by atoms with Crippen LogP contribution in [-0.2, 0) is 4.74 Å². The summed E-state index contributed by atoms with van der Waals surface area (Å²) in [5.41, 5.74) is 1.66. The first-order valence-corrected chi connectivity index (χ1v) is 6.96. The van der Waals surface area contributed by atoms with Gasteiger partial charge in [-0.15, -0.1) is 0 Å². The van der Waals surface area contributed by atoms with E-state index in [1.807, 2.05) is 31.2 Å². The van der Waals surface area contributed by atoms with E-state index in [4.69, 9.17) is 4.74 Å². The van der Waals surface area contributed by atoms with Gasteiger partial charge in [0.05, 0.1) is 19.8 Å². The van der Waals surface area contributed by atoms with Crippen molar-refractivity contribution in [2.75, 3.05) is 14.2 Å². The molecule has 0 N–H and O–H groups in total. The molecule has 0 radical (unpaired) electrons. The summed E-state index contributed by atoms with van der Waals surface area (Å²) in [6.45, 7) is 2.02. The standard InChI is InChI=1S/C16H16O3S/c1-11-10-14(8-9-15(11)18-2)20-13-6-4-12(5-7-13)16(17)19-3/h4-10H,1-3H3. The Kier molecular flexibility index (Phi) is 4.69. The number of carbonyl (C=O) groups is 1. The van der Waals surface area contributed by atoms with Gasteiger partial charge in [0.1, 0.15) is 5.75 Å². The molecule has 0 amide bonds. The zero-order chi connectivity index (χ0) is 14.5. The van der Waals surface area contributed by atoms with E-state index in [9.17, 15) is 4.79 Å². The van der Waals surface area contributed by atoms with E-state index in [0.717, 1.165) is 21.1 Å². The highest BCUT2D eigenvalue weighted by molar-refractivity contribution is 7.99. The van der Waals surface area contributed by atoms with E-state index in [0.29, 0.717) is 5.56 Å². The first-order valence-electron chi connectivity index (χ1n) is 6.15. The number of rotatable bonds is 4. The number of hydrogen-bond acceptors (Lipinski definition) is 4. The van der Waals surface area contributed by atoms with Crippen LogP contribution < -0.4 is 4.74 Å². The highest BCUT2D eigenvalue weighted by Gasteiger charge is 2.06. The van der Waals surface area contributed by atoms with E-state index in [1.165, 1.54) is 7.11 Å². The van der Waals surface area contributed by atoms with Crippen molar-refractivity contribution in [3.05, 3.63) is 53.6 Å². The molecule has 3 nitrogen and oxygen atoms in total. The first-order chi connectivity index (χ1) is 9.63. The van der Waals surface area contributed by atoms with Crippen molar-refractivity contribution in [3.8, 4) is 5.75 Å². The molecule has 0 unspecified atom stereocenters. The Morgan fingerprint density at radius 1 is 1.00 bits per heavy atom. The molecule has 0 aliphatic rings. The minimum atomic E-state index is -0.318. The van der Waals surface area contributed by atoms with Gasteiger partial charge in [0.25, 0.3) is 0 Å². The number of ether oxygens (including phenoxy) is 2. The third kappa shape index (κ3) is 3.33. The molecular weight excluding hydrogens is 272 g/mol. The van der Waals surface area contributed by atoms with Gasteiger partial charge in [0.2, 0.25) is 0 Å². The lowest BCUT2D eigenvalue weighted by Gasteiger charge is -2.07. The summed E-state index contributed by atoms with van der Waals surface area (Å²) < 4.78 is 9.92. The largest absolute Gasteiger partial charge is 0.496 e. The van der Waals surface area contributed by atoms with Crippen molar-refractivity contribution in [2.24, 2.45) is 0 Å². The number of esters is 1. The lowest BCUT2D eigenvalue weighted by molar-refractivity contribution is 0.0600. The molecule has 0 spiro atoms. The monoisotopic (exact) mass is 288 g/mol. The molecule has 2 aromatic rings.